The van der Waals surface area contributed by atoms with E-state index in [2.05, 4.69) is 41.2 Å². The fraction of sp³-hybridized carbons (Fsp3) is 0.545. The van der Waals surface area contributed by atoms with E-state index in [1.54, 1.807) is 7.05 Å². The summed E-state index contributed by atoms with van der Waals surface area (Å²) in [5, 5.41) is 3.98. The van der Waals surface area contributed by atoms with Gasteiger partial charge in [0.05, 0.1) is 12.1 Å². The summed E-state index contributed by atoms with van der Waals surface area (Å²) in [5.41, 5.74) is 2.61. The van der Waals surface area contributed by atoms with E-state index in [0.717, 1.165) is 26.1 Å². The Balaban J connectivity index is 1.34. The number of piperidine rings is 1. The molecular formula is C22H31N5O3S. The number of amides is 1. The first-order valence-corrected chi connectivity index (χ1v) is 12.3. The molecule has 1 atom stereocenters. The number of carbonyl (C=O) groups excluding carboxylic acids is 1. The summed E-state index contributed by atoms with van der Waals surface area (Å²) in [6, 6.07) is 8.41. The Kier molecular flexibility index (Phi) is 6.45. The van der Waals surface area contributed by atoms with Crippen LogP contribution in [0.5, 0.6) is 0 Å². The van der Waals surface area contributed by atoms with Gasteiger partial charge in [0.25, 0.3) is 0 Å². The number of nitrogens with zero attached hydrogens (tertiary/aromatic N) is 5. The molecule has 1 aromatic heterocycles. The first-order chi connectivity index (χ1) is 14.8. The van der Waals surface area contributed by atoms with E-state index in [-0.39, 0.29) is 23.3 Å². The third-order valence-electron chi connectivity index (χ3n) is 6.39. The molecule has 0 bridgehead atoms. The van der Waals surface area contributed by atoms with Gasteiger partial charge in [0.1, 0.15) is 4.90 Å². The molecule has 0 radical (unpaired) electrons. The third-order valence-corrected chi connectivity index (χ3v) is 8.21. The second-order valence-corrected chi connectivity index (χ2v) is 10.5. The van der Waals surface area contributed by atoms with Crippen LogP contribution in [0.25, 0.3) is 0 Å². The Bertz CT molecular complexity index is 1030. The van der Waals surface area contributed by atoms with Crippen LogP contribution >= 0.6 is 0 Å². The van der Waals surface area contributed by atoms with Crippen LogP contribution in [0.3, 0.4) is 0 Å². The Morgan fingerprint density at radius 2 is 1.87 bits per heavy atom. The van der Waals surface area contributed by atoms with Crippen LogP contribution in [-0.4, -0.2) is 77.5 Å². The molecule has 1 aromatic carbocycles. The lowest BCUT2D eigenvalue weighted by Gasteiger charge is -2.38. The van der Waals surface area contributed by atoms with E-state index in [4.69, 9.17) is 0 Å². The van der Waals surface area contributed by atoms with E-state index in [9.17, 15) is 13.2 Å². The fourth-order valence-electron chi connectivity index (χ4n) is 4.46. The summed E-state index contributed by atoms with van der Waals surface area (Å²) in [6.07, 6.45) is 4.31. The fourth-order valence-corrected chi connectivity index (χ4v) is 5.97. The molecule has 1 amide bonds. The summed E-state index contributed by atoms with van der Waals surface area (Å²) >= 11 is 0. The molecular weight excluding hydrogens is 414 g/mol. The highest BCUT2D eigenvalue weighted by Gasteiger charge is 2.36. The lowest BCUT2D eigenvalue weighted by atomic mass is 9.97. The second-order valence-electron chi connectivity index (χ2n) is 8.58. The van der Waals surface area contributed by atoms with E-state index >= 15 is 0 Å². The van der Waals surface area contributed by atoms with Crippen molar-refractivity contribution in [2.75, 3.05) is 39.3 Å². The molecule has 0 spiro atoms. The molecule has 1 unspecified atom stereocenters. The Hall–Kier alpha value is -2.23. The molecule has 168 valence electrons. The zero-order valence-corrected chi connectivity index (χ0v) is 19.1. The number of hydrogen-bond donors (Lipinski definition) is 0. The van der Waals surface area contributed by atoms with Crippen LogP contribution < -0.4 is 0 Å². The van der Waals surface area contributed by atoms with Gasteiger partial charge in [-0.05, 0) is 30.9 Å². The average Bonchev–Trinajstić information content (AvgIpc) is 3.23. The Labute approximate surface area is 184 Å². The van der Waals surface area contributed by atoms with E-state index in [1.165, 1.54) is 32.5 Å². The molecule has 3 heterocycles. The molecule has 2 aromatic rings. The van der Waals surface area contributed by atoms with Crippen LogP contribution in [-0.2, 0) is 28.4 Å². The molecule has 4 rings (SSSR count). The summed E-state index contributed by atoms with van der Waals surface area (Å²) in [5.74, 6) is -0.190. The van der Waals surface area contributed by atoms with Gasteiger partial charge in [-0.1, -0.05) is 24.3 Å². The average molecular weight is 446 g/mol. The normalized spacial score (nSPS) is 21.4. The Morgan fingerprint density at radius 3 is 2.55 bits per heavy atom. The SMILES string of the molecule is Cc1ccccc1CN1CCN(C(=O)C2CCCN(S(=O)(=O)c3cnn(C)c3)C2)CC1. The second kappa shape index (κ2) is 9.10. The van der Waals surface area contributed by atoms with Crippen LogP contribution in [0.15, 0.2) is 41.6 Å². The van der Waals surface area contributed by atoms with E-state index in [0.29, 0.717) is 26.1 Å². The minimum atomic E-state index is -3.61. The zero-order valence-electron chi connectivity index (χ0n) is 18.3. The highest BCUT2D eigenvalue weighted by atomic mass is 32.2. The van der Waals surface area contributed by atoms with Crippen molar-refractivity contribution in [3.63, 3.8) is 0 Å². The quantitative estimate of drug-likeness (QED) is 0.697. The van der Waals surface area contributed by atoms with Crippen LogP contribution in [0, 0.1) is 12.8 Å². The maximum Gasteiger partial charge on any atom is 0.246 e. The van der Waals surface area contributed by atoms with Gasteiger partial charge in [0, 0.05) is 59.1 Å². The number of hydrogen-bond acceptors (Lipinski definition) is 5. The minimum absolute atomic E-state index is 0.0848. The van der Waals surface area contributed by atoms with E-state index < -0.39 is 10.0 Å². The van der Waals surface area contributed by atoms with Crippen molar-refractivity contribution in [3.05, 3.63) is 47.8 Å². The predicted octanol–water partition coefficient (Wildman–Crippen LogP) is 1.47. The molecule has 2 saturated heterocycles. The van der Waals surface area contributed by atoms with Gasteiger partial charge in [-0.15, -0.1) is 0 Å². The number of piperazine rings is 1. The van der Waals surface area contributed by atoms with Crippen molar-refractivity contribution in [2.24, 2.45) is 13.0 Å². The molecule has 31 heavy (non-hydrogen) atoms. The van der Waals surface area contributed by atoms with Crippen molar-refractivity contribution in [1.82, 2.24) is 23.9 Å². The molecule has 0 saturated carbocycles. The number of sulfonamides is 1. The topological polar surface area (TPSA) is 78.8 Å². The summed E-state index contributed by atoms with van der Waals surface area (Å²) in [7, 11) is -1.92. The molecule has 0 N–H and O–H groups in total. The molecule has 9 heteroatoms. The van der Waals surface area contributed by atoms with Crippen molar-refractivity contribution in [3.8, 4) is 0 Å². The molecule has 8 nitrogen and oxygen atoms in total. The first kappa shape index (κ1) is 22.0. The monoisotopic (exact) mass is 445 g/mol. The number of aryl methyl sites for hydroxylation is 2. The van der Waals surface area contributed by atoms with Crippen molar-refractivity contribution < 1.29 is 13.2 Å². The van der Waals surface area contributed by atoms with Gasteiger partial charge >= 0.3 is 0 Å². The highest BCUT2D eigenvalue weighted by molar-refractivity contribution is 7.89. The number of benzene rings is 1. The number of carbonyl (C=O) groups is 1. The zero-order chi connectivity index (χ0) is 22.0. The molecule has 2 aliphatic rings. The predicted molar refractivity (Wildman–Crippen MR) is 118 cm³/mol. The molecule has 2 fully saturated rings. The maximum absolute atomic E-state index is 13.2. The van der Waals surface area contributed by atoms with Gasteiger partial charge in [-0.3, -0.25) is 14.4 Å². The van der Waals surface area contributed by atoms with Gasteiger partial charge in [0.15, 0.2) is 0 Å². The van der Waals surface area contributed by atoms with Crippen LogP contribution in [0.1, 0.15) is 24.0 Å². The largest absolute Gasteiger partial charge is 0.340 e. The van der Waals surface area contributed by atoms with Crippen molar-refractivity contribution in [2.45, 2.75) is 31.2 Å². The van der Waals surface area contributed by atoms with Crippen molar-refractivity contribution in [1.29, 1.82) is 0 Å². The highest BCUT2D eigenvalue weighted by Crippen LogP contribution is 2.25. The minimum Gasteiger partial charge on any atom is -0.340 e. The van der Waals surface area contributed by atoms with Crippen LogP contribution in [0.4, 0.5) is 0 Å². The first-order valence-electron chi connectivity index (χ1n) is 10.9. The van der Waals surface area contributed by atoms with Crippen LogP contribution in [0.2, 0.25) is 0 Å². The molecule has 0 aliphatic carbocycles. The summed E-state index contributed by atoms with van der Waals surface area (Å²) < 4.78 is 28.8. The van der Waals surface area contributed by atoms with Gasteiger partial charge in [-0.25, -0.2) is 8.42 Å². The maximum atomic E-state index is 13.2. The molecule has 2 aliphatic heterocycles. The van der Waals surface area contributed by atoms with Crippen molar-refractivity contribution >= 4 is 15.9 Å². The number of rotatable bonds is 5. The smallest absolute Gasteiger partial charge is 0.246 e. The summed E-state index contributed by atoms with van der Waals surface area (Å²) in [6.45, 7) is 6.78. The standard InChI is InChI=1S/C22H31N5O3S/c1-18-6-3-4-7-19(18)15-25-10-12-26(13-11-25)22(28)20-8-5-9-27(16-20)31(29,30)21-14-23-24(2)17-21/h3-4,6-7,14,17,20H,5,8-13,15-16H2,1-2H3. The Morgan fingerprint density at radius 1 is 1.13 bits per heavy atom. The lowest BCUT2D eigenvalue weighted by Crippen LogP contribution is -2.52. The van der Waals surface area contributed by atoms with Gasteiger partial charge < -0.3 is 4.90 Å². The third kappa shape index (κ3) is 4.83. The van der Waals surface area contributed by atoms with E-state index in [1.807, 2.05) is 4.90 Å². The van der Waals surface area contributed by atoms with Gasteiger partial charge in [0.2, 0.25) is 15.9 Å². The number of aromatic nitrogens is 2. The lowest BCUT2D eigenvalue weighted by molar-refractivity contribution is -0.138. The van der Waals surface area contributed by atoms with Gasteiger partial charge in [-0.2, -0.15) is 9.40 Å². The summed E-state index contributed by atoms with van der Waals surface area (Å²) in [4.78, 5) is 17.6.